The molecule has 0 N–H and O–H groups in total. The summed E-state index contributed by atoms with van der Waals surface area (Å²) < 4.78 is 0. The Morgan fingerprint density at radius 1 is 1.14 bits per heavy atom. The van der Waals surface area contributed by atoms with Crippen LogP contribution in [0.2, 0.25) is 0 Å². The second-order valence-corrected chi connectivity index (χ2v) is 6.19. The van der Waals surface area contributed by atoms with Gasteiger partial charge in [0.15, 0.2) is 0 Å². The minimum Gasteiger partial charge on any atom is -0.304 e. The van der Waals surface area contributed by atoms with Crippen molar-refractivity contribution >= 4 is 27.4 Å². The largest absolute Gasteiger partial charge is 0.304 e. The fraction of sp³-hybridized carbons (Fsp3) is 0.263. The maximum Gasteiger partial charge on any atom is 0.115 e. The number of hydrogen-bond donors (Lipinski definition) is 0. The van der Waals surface area contributed by atoms with E-state index in [4.69, 9.17) is 11.6 Å². The first kappa shape index (κ1) is 13.9. The van der Waals surface area contributed by atoms with Crippen LogP contribution in [0, 0.1) is 12.6 Å². The average molecular weight is 462 g/mol. The van der Waals surface area contributed by atoms with Gasteiger partial charge in [-0.3, -0.25) is 4.85 Å². The first-order valence-electron chi connectivity index (χ1n) is 7.50. The van der Waals surface area contributed by atoms with E-state index >= 15 is 0 Å². The number of hydrogen-bond acceptors (Lipinski definition) is 1. The third kappa shape index (κ3) is 1.66. The molecule has 1 heterocycles. The summed E-state index contributed by atoms with van der Waals surface area (Å²) in [5.41, 5.74) is 4.71. The molecule has 1 radical (unpaired) electrons. The molecule has 0 aliphatic heterocycles. The van der Waals surface area contributed by atoms with E-state index in [-0.39, 0.29) is 20.1 Å². The summed E-state index contributed by atoms with van der Waals surface area (Å²) in [7, 11) is 0. The van der Waals surface area contributed by atoms with E-state index in [1.54, 1.807) is 0 Å². The molecule has 109 valence electrons. The van der Waals surface area contributed by atoms with Crippen LogP contribution in [-0.4, -0.2) is 4.98 Å². The monoisotopic (exact) mass is 462 g/mol. The smallest absolute Gasteiger partial charge is 0.115 e. The van der Waals surface area contributed by atoms with Crippen molar-refractivity contribution in [3.63, 3.8) is 0 Å². The summed E-state index contributed by atoms with van der Waals surface area (Å²) in [6.45, 7) is 7.31. The Hall–Kier alpha value is -1.75. The summed E-state index contributed by atoms with van der Waals surface area (Å²) >= 11 is 0. The molecule has 1 saturated carbocycles. The standard InChI is InChI=1S/C19H13N2.Ir/c1-20-17-4-2-3-14-13(17)7-8-15-18-12-6-5-11(9-12)16(18)10-21-19(14)15;/h2,4,7-8,10-12H,5-6,9H2;/q-1;. The SMILES string of the molecule is [C-]#[N+]c1cc[c-]c2c1ccc1c3c(cnc12)C1CCC3C1.[Ir]. The number of rotatable bonds is 0. The summed E-state index contributed by atoms with van der Waals surface area (Å²) in [5, 5.41) is 3.24. The zero-order valence-corrected chi connectivity index (χ0v) is 14.3. The first-order valence-corrected chi connectivity index (χ1v) is 7.50. The molecule has 2 bridgehead atoms. The molecule has 3 aromatic rings. The Bertz CT molecular complexity index is 955. The molecule has 2 atom stereocenters. The Morgan fingerprint density at radius 3 is 2.82 bits per heavy atom. The second-order valence-electron chi connectivity index (χ2n) is 6.19. The molecule has 0 saturated heterocycles. The summed E-state index contributed by atoms with van der Waals surface area (Å²) in [5.74, 6) is 1.45. The number of pyridine rings is 1. The summed E-state index contributed by atoms with van der Waals surface area (Å²) in [4.78, 5) is 8.36. The molecular formula is C19H13IrN2-. The second kappa shape index (κ2) is 4.88. The van der Waals surface area contributed by atoms with Gasteiger partial charge >= 0.3 is 0 Å². The Morgan fingerprint density at radius 2 is 1.95 bits per heavy atom. The van der Waals surface area contributed by atoms with E-state index < -0.39 is 0 Å². The molecule has 2 aliphatic carbocycles. The van der Waals surface area contributed by atoms with Crippen molar-refractivity contribution in [1.82, 2.24) is 4.98 Å². The fourth-order valence-corrected chi connectivity index (χ4v) is 4.36. The molecule has 3 heteroatoms. The molecule has 1 aromatic heterocycles. The maximum absolute atomic E-state index is 7.31. The van der Waals surface area contributed by atoms with Gasteiger partial charge in [0, 0.05) is 26.3 Å². The van der Waals surface area contributed by atoms with Gasteiger partial charge in [0.2, 0.25) is 0 Å². The van der Waals surface area contributed by atoms with Crippen LogP contribution >= 0.6 is 0 Å². The molecular weight excluding hydrogens is 448 g/mol. The summed E-state index contributed by atoms with van der Waals surface area (Å²) in [6, 6.07) is 11.2. The van der Waals surface area contributed by atoms with Gasteiger partial charge in [-0.25, -0.2) is 0 Å². The molecule has 0 spiro atoms. The van der Waals surface area contributed by atoms with Crippen molar-refractivity contribution in [3.05, 3.63) is 59.1 Å². The minimum absolute atomic E-state index is 0. The average Bonchev–Trinajstić information content (AvgIpc) is 3.15. The van der Waals surface area contributed by atoms with E-state index in [2.05, 4.69) is 29.2 Å². The van der Waals surface area contributed by atoms with Crippen molar-refractivity contribution in [3.8, 4) is 0 Å². The summed E-state index contributed by atoms with van der Waals surface area (Å²) in [6.07, 6.45) is 6.03. The van der Waals surface area contributed by atoms with Crippen molar-refractivity contribution in [2.75, 3.05) is 0 Å². The predicted octanol–water partition coefficient (Wildman–Crippen LogP) is 5.10. The van der Waals surface area contributed by atoms with E-state index in [1.807, 2.05) is 12.1 Å². The van der Waals surface area contributed by atoms with Gasteiger partial charge in [-0.15, -0.1) is 29.0 Å². The Labute approximate surface area is 142 Å². The first-order chi connectivity index (χ1) is 10.4. The van der Waals surface area contributed by atoms with E-state index in [0.717, 1.165) is 28.1 Å². The van der Waals surface area contributed by atoms with Crippen molar-refractivity contribution in [2.45, 2.75) is 31.1 Å². The van der Waals surface area contributed by atoms with Crippen LogP contribution in [0.3, 0.4) is 0 Å². The van der Waals surface area contributed by atoms with Gasteiger partial charge in [0.1, 0.15) is 5.69 Å². The van der Waals surface area contributed by atoms with E-state index in [9.17, 15) is 0 Å². The zero-order chi connectivity index (χ0) is 14.0. The number of benzene rings is 2. The predicted molar refractivity (Wildman–Crippen MR) is 83.7 cm³/mol. The van der Waals surface area contributed by atoms with Crippen LogP contribution in [0.25, 0.3) is 26.5 Å². The van der Waals surface area contributed by atoms with Gasteiger partial charge in [-0.2, -0.15) is 6.07 Å². The molecule has 0 amide bonds. The van der Waals surface area contributed by atoms with Gasteiger partial charge < -0.3 is 4.98 Å². The van der Waals surface area contributed by atoms with Gasteiger partial charge in [0.05, 0.1) is 6.57 Å². The Kier molecular flexibility index (Phi) is 3.08. The number of fused-ring (bicyclic) bond motifs is 9. The van der Waals surface area contributed by atoms with Crippen LogP contribution in [0.5, 0.6) is 0 Å². The molecule has 2 unspecified atom stereocenters. The van der Waals surface area contributed by atoms with Gasteiger partial charge in [-0.1, -0.05) is 6.07 Å². The van der Waals surface area contributed by atoms with Crippen LogP contribution < -0.4 is 0 Å². The van der Waals surface area contributed by atoms with E-state index in [0.29, 0.717) is 5.69 Å². The normalized spacial score (nSPS) is 21.6. The van der Waals surface area contributed by atoms with Crippen LogP contribution in [0.15, 0.2) is 30.5 Å². The van der Waals surface area contributed by atoms with Crippen molar-refractivity contribution in [2.24, 2.45) is 0 Å². The van der Waals surface area contributed by atoms with Crippen LogP contribution in [0.4, 0.5) is 5.69 Å². The molecule has 2 nitrogen and oxygen atoms in total. The number of aromatic nitrogens is 1. The molecule has 5 rings (SSSR count). The fourth-order valence-electron chi connectivity index (χ4n) is 4.36. The van der Waals surface area contributed by atoms with Gasteiger partial charge in [0.25, 0.3) is 0 Å². The Balaban J connectivity index is 0.00000125. The quantitative estimate of drug-likeness (QED) is 0.336. The molecule has 2 aliphatic rings. The van der Waals surface area contributed by atoms with E-state index in [1.165, 1.54) is 35.8 Å². The van der Waals surface area contributed by atoms with Crippen molar-refractivity contribution in [1.29, 1.82) is 0 Å². The van der Waals surface area contributed by atoms with Crippen LogP contribution in [-0.2, 0) is 20.1 Å². The molecule has 1 fully saturated rings. The van der Waals surface area contributed by atoms with Gasteiger partial charge in [-0.05, 0) is 53.1 Å². The van der Waals surface area contributed by atoms with Crippen LogP contribution in [0.1, 0.15) is 42.2 Å². The number of nitrogens with zero attached hydrogens (tertiary/aromatic N) is 2. The third-order valence-corrected chi connectivity index (χ3v) is 5.26. The van der Waals surface area contributed by atoms with Crippen molar-refractivity contribution < 1.29 is 20.1 Å². The third-order valence-electron chi connectivity index (χ3n) is 5.26. The molecule has 2 aromatic carbocycles. The topological polar surface area (TPSA) is 17.2 Å². The molecule has 22 heavy (non-hydrogen) atoms. The minimum atomic E-state index is 0. The zero-order valence-electron chi connectivity index (χ0n) is 11.9. The maximum atomic E-state index is 7.31.